The molecular weight excluding hydrogens is 480 g/mol. The van der Waals surface area contributed by atoms with Crippen LogP contribution >= 0.6 is 11.3 Å². The van der Waals surface area contributed by atoms with Crippen LogP contribution in [0.4, 0.5) is 5.13 Å². The number of aromatic nitrogens is 1. The smallest absolute Gasteiger partial charge is 0.251 e. The van der Waals surface area contributed by atoms with Crippen LogP contribution < -0.4 is 20.7 Å². The van der Waals surface area contributed by atoms with E-state index in [-0.39, 0.29) is 5.91 Å². The van der Waals surface area contributed by atoms with Crippen molar-refractivity contribution in [3.8, 4) is 17.0 Å². The highest BCUT2D eigenvalue weighted by molar-refractivity contribution is 7.14. The van der Waals surface area contributed by atoms with E-state index in [1.54, 1.807) is 18.4 Å². The van der Waals surface area contributed by atoms with E-state index in [0.717, 1.165) is 64.8 Å². The van der Waals surface area contributed by atoms with Crippen LogP contribution in [0.2, 0.25) is 0 Å². The van der Waals surface area contributed by atoms with E-state index >= 15 is 0 Å². The Labute approximate surface area is 223 Å². The van der Waals surface area contributed by atoms with Gasteiger partial charge in [-0.15, -0.1) is 11.3 Å². The molecule has 0 bridgehead atoms. The lowest BCUT2D eigenvalue weighted by Gasteiger charge is -2.22. The Balaban J connectivity index is 1.43. The van der Waals surface area contributed by atoms with Crippen molar-refractivity contribution >= 4 is 22.4 Å². The van der Waals surface area contributed by atoms with Crippen LogP contribution in [0.15, 0.2) is 78.2 Å². The van der Waals surface area contributed by atoms with E-state index in [9.17, 15) is 4.79 Å². The molecule has 1 amide bonds. The highest BCUT2D eigenvalue weighted by atomic mass is 32.1. The summed E-state index contributed by atoms with van der Waals surface area (Å²) in [5.41, 5.74) is 11.5. The second kappa shape index (κ2) is 13.0. The molecule has 6 nitrogen and oxygen atoms in total. The van der Waals surface area contributed by atoms with Crippen LogP contribution in [-0.4, -0.2) is 24.5 Å². The Bertz CT molecular complexity index is 1300. The highest BCUT2D eigenvalue weighted by Crippen LogP contribution is 2.33. The monoisotopic (exact) mass is 514 g/mol. The maximum absolute atomic E-state index is 12.7. The minimum atomic E-state index is -0.0890. The van der Waals surface area contributed by atoms with Crippen molar-refractivity contribution in [1.82, 2.24) is 10.3 Å². The molecule has 1 aromatic heterocycles. The zero-order valence-corrected chi connectivity index (χ0v) is 22.3. The Kier molecular flexibility index (Phi) is 9.29. The van der Waals surface area contributed by atoms with E-state index in [2.05, 4.69) is 22.5 Å². The summed E-state index contributed by atoms with van der Waals surface area (Å²) in [6.07, 6.45) is 2.18. The summed E-state index contributed by atoms with van der Waals surface area (Å²) < 4.78 is 5.53. The Hall–Kier alpha value is -3.68. The Morgan fingerprint density at radius 1 is 1.03 bits per heavy atom. The van der Waals surface area contributed by atoms with E-state index in [1.165, 1.54) is 0 Å². The number of carbonyl (C=O) groups excluding carboxylic acids is 1. The topological polar surface area (TPSA) is 80.5 Å². The number of anilines is 1. The molecule has 0 atom stereocenters. The van der Waals surface area contributed by atoms with Gasteiger partial charge in [-0.25, -0.2) is 4.98 Å². The maximum Gasteiger partial charge on any atom is 0.251 e. The SMILES string of the molecule is CCCCN(Cc1ccc(C(=O)NCc2cccc(CN)c2)cc1)c1nc(-c2ccccc2OC)cs1. The van der Waals surface area contributed by atoms with Crippen LogP contribution in [0.1, 0.15) is 46.8 Å². The maximum atomic E-state index is 12.7. The Morgan fingerprint density at radius 2 is 1.81 bits per heavy atom. The number of amides is 1. The van der Waals surface area contributed by atoms with Crippen molar-refractivity contribution in [3.05, 3.63) is 100 Å². The van der Waals surface area contributed by atoms with Crippen molar-refractivity contribution in [2.45, 2.75) is 39.4 Å². The van der Waals surface area contributed by atoms with Gasteiger partial charge in [-0.2, -0.15) is 0 Å². The summed E-state index contributed by atoms with van der Waals surface area (Å²) in [7, 11) is 1.68. The molecule has 1 heterocycles. The molecule has 192 valence electrons. The first-order valence-electron chi connectivity index (χ1n) is 12.6. The van der Waals surface area contributed by atoms with Gasteiger partial charge in [-0.05, 0) is 47.4 Å². The minimum absolute atomic E-state index is 0.0890. The molecule has 37 heavy (non-hydrogen) atoms. The molecule has 7 heteroatoms. The highest BCUT2D eigenvalue weighted by Gasteiger charge is 2.15. The number of rotatable bonds is 12. The van der Waals surface area contributed by atoms with Crippen molar-refractivity contribution in [1.29, 1.82) is 0 Å². The number of carbonyl (C=O) groups is 1. The van der Waals surface area contributed by atoms with Gasteiger partial charge in [0.1, 0.15) is 5.75 Å². The van der Waals surface area contributed by atoms with Crippen LogP contribution in [0.3, 0.4) is 0 Å². The second-order valence-electron chi connectivity index (χ2n) is 8.89. The number of nitrogens with zero attached hydrogens (tertiary/aromatic N) is 2. The number of hydrogen-bond acceptors (Lipinski definition) is 6. The number of nitrogens with one attached hydrogen (secondary N) is 1. The molecule has 0 aliphatic rings. The largest absolute Gasteiger partial charge is 0.496 e. The molecule has 0 saturated heterocycles. The molecule has 0 fully saturated rings. The van der Waals surface area contributed by atoms with Gasteiger partial charge in [0.05, 0.1) is 12.8 Å². The summed E-state index contributed by atoms with van der Waals surface area (Å²) in [4.78, 5) is 19.9. The van der Waals surface area contributed by atoms with E-state index < -0.39 is 0 Å². The second-order valence-corrected chi connectivity index (χ2v) is 9.73. The van der Waals surface area contributed by atoms with Crippen LogP contribution in [0, 0.1) is 0 Å². The average Bonchev–Trinajstić information content (AvgIpc) is 3.44. The zero-order valence-electron chi connectivity index (χ0n) is 21.4. The lowest BCUT2D eigenvalue weighted by atomic mass is 10.1. The van der Waals surface area contributed by atoms with Gasteiger partial charge >= 0.3 is 0 Å². The van der Waals surface area contributed by atoms with Gasteiger partial charge in [-0.3, -0.25) is 4.79 Å². The minimum Gasteiger partial charge on any atom is -0.496 e. The van der Waals surface area contributed by atoms with E-state index in [0.29, 0.717) is 18.7 Å². The van der Waals surface area contributed by atoms with Gasteiger partial charge in [-0.1, -0.05) is 61.9 Å². The molecule has 3 N–H and O–H groups in total. The summed E-state index contributed by atoms with van der Waals surface area (Å²) in [6, 6.07) is 23.7. The fourth-order valence-corrected chi connectivity index (χ4v) is 4.97. The molecule has 0 unspecified atom stereocenters. The third-order valence-corrected chi connectivity index (χ3v) is 7.10. The molecule has 0 aliphatic heterocycles. The van der Waals surface area contributed by atoms with E-state index in [1.807, 2.05) is 72.8 Å². The molecule has 0 spiro atoms. The molecule has 0 saturated carbocycles. The summed E-state index contributed by atoms with van der Waals surface area (Å²) in [5.74, 6) is 0.731. The molecule has 3 aromatic carbocycles. The average molecular weight is 515 g/mol. The summed E-state index contributed by atoms with van der Waals surface area (Å²) in [5, 5.41) is 6.07. The molecule has 0 aliphatic carbocycles. The number of ether oxygens (including phenoxy) is 1. The van der Waals surface area contributed by atoms with Gasteiger partial charge in [0, 0.05) is 42.7 Å². The fourth-order valence-electron chi connectivity index (χ4n) is 4.11. The summed E-state index contributed by atoms with van der Waals surface area (Å²) in [6.45, 7) is 4.80. The number of nitrogens with two attached hydrogens (primary N) is 1. The van der Waals surface area contributed by atoms with Crippen molar-refractivity contribution in [3.63, 3.8) is 0 Å². The number of thiazole rings is 1. The standard InChI is InChI=1S/C30H34N4O2S/c1-3-4-16-34(30-33-27(21-37-30)26-10-5-6-11-28(26)36-2)20-22-12-14-25(15-13-22)29(35)32-19-24-9-7-8-23(17-24)18-31/h5-15,17,21H,3-4,16,18-20,31H2,1-2H3,(H,32,35). The third kappa shape index (κ3) is 6.96. The van der Waals surface area contributed by atoms with Gasteiger partial charge in [0.25, 0.3) is 5.91 Å². The first-order valence-corrected chi connectivity index (χ1v) is 13.5. The number of hydrogen-bond donors (Lipinski definition) is 2. The number of para-hydroxylation sites is 1. The molecule has 4 rings (SSSR count). The zero-order chi connectivity index (χ0) is 26.0. The lowest BCUT2D eigenvalue weighted by molar-refractivity contribution is 0.0951. The first-order chi connectivity index (χ1) is 18.1. The number of benzene rings is 3. The van der Waals surface area contributed by atoms with Gasteiger partial charge in [0.15, 0.2) is 5.13 Å². The third-order valence-electron chi connectivity index (χ3n) is 6.20. The van der Waals surface area contributed by atoms with Gasteiger partial charge in [0.2, 0.25) is 0 Å². The summed E-state index contributed by atoms with van der Waals surface area (Å²) >= 11 is 1.64. The van der Waals surface area contributed by atoms with Crippen LogP contribution in [-0.2, 0) is 19.6 Å². The van der Waals surface area contributed by atoms with Gasteiger partial charge < -0.3 is 20.7 Å². The van der Waals surface area contributed by atoms with E-state index in [4.69, 9.17) is 15.5 Å². The molecule has 4 aromatic rings. The van der Waals surface area contributed by atoms with Crippen molar-refractivity contribution in [2.24, 2.45) is 5.73 Å². The fraction of sp³-hybridized carbons (Fsp3) is 0.267. The number of methoxy groups -OCH3 is 1. The number of unbranched alkanes of at least 4 members (excludes halogenated alkanes) is 1. The first kappa shape index (κ1) is 26.4. The normalized spacial score (nSPS) is 10.8. The predicted molar refractivity (Wildman–Crippen MR) is 152 cm³/mol. The van der Waals surface area contributed by atoms with Crippen molar-refractivity contribution in [2.75, 3.05) is 18.6 Å². The van der Waals surface area contributed by atoms with Crippen LogP contribution in [0.25, 0.3) is 11.3 Å². The Morgan fingerprint density at radius 3 is 2.57 bits per heavy atom. The molecule has 0 radical (unpaired) electrons. The van der Waals surface area contributed by atoms with Crippen LogP contribution in [0.5, 0.6) is 5.75 Å². The predicted octanol–water partition coefficient (Wildman–Crippen LogP) is 6.01. The quantitative estimate of drug-likeness (QED) is 0.242. The van der Waals surface area contributed by atoms with Crippen molar-refractivity contribution < 1.29 is 9.53 Å². The molecular formula is C30H34N4O2S. The lowest BCUT2D eigenvalue weighted by Crippen LogP contribution is -2.24.